The zero-order chi connectivity index (χ0) is 17.2. The molecule has 0 atom stereocenters. The second-order valence-corrected chi connectivity index (χ2v) is 6.22. The molecule has 4 rings (SSSR count). The van der Waals surface area contributed by atoms with Crippen molar-refractivity contribution in [1.29, 1.82) is 0 Å². The number of carbonyl (C=O) groups excluding carboxylic acids is 1. The molecule has 0 fully saturated rings. The third kappa shape index (κ3) is 3.24. The quantitative estimate of drug-likeness (QED) is 0.748. The lowest BCUT2D eigenvalue weighted by Gasteiger charge is -2.01. The molecule has 8 nitrogen and oxygen atoms in total. The fourth-order valence-electron chi connectivity index (χ4n) is 2.48. The maximum atomic E-state index is 12.3. The van der Waals surface area contributed by atoms with Crippen molar-refractivity contribution in [1.82, 2.24) is 15.1 Å². The molecule has 0 radical (unpaired) electrons. The van der Waals surface area contributed by atoms with Crippen molar-refractivity contribution in [3.63, 3.8) is 0 Å². The summed E-state index contributed by atoms with van der Waals surface area (Å²) < 4.78 is 15.3. The zero-order valence-electron chi connectivity index (χ0n) is 13.3. The van der Waals surface area contributed by atoms with Crippen LogP contribution in [0.1, 0.15) is 21.9 Å². The molecule has 0 saturated heterocycles. The third-order valence-corrected chi connectivity index (χ3v) is 4.53. The van der Waals surface area contributed by atoms with Crippen LogP contribution < -0.4 is 10.1 Å². The molecular weight excluding hydrogens is 344 g/mol. The minimum Gasteiger partial charge on any atom is -0.493 e. The number of aromatic nitrogens is 3. The van der Waals surface area contributed by atoms with Crippen molar-refractivity contribution >= 4 is 23.2 Å². The minimum absolute atomic E-state index is 0.0845. The van der Waals surface area contributed by atoms with Gasteiger partial charge in [-0.15, -0.1) is 11.3 Å². The van der Waals surface area contributed by atoms with E-state index in [0.717, 1.165) is 28.3 Å². The molecule has 9 heteroatoms. The Morgan fingerprint density at radius 1 is 1.40 bits per heavy atom. The van der Waals surface area contributed by atoms with Gasteiger partial charge < -0.3 is 14.0 Å². The number of amides is 1. The van der Waals surface area contributed by atoms with Crippen LogP contribution in [-0.4, -0.2) is 34.7 Å². The molecule has 2 aromatic heterocycles. The van der Waals surface area contributed by atoms with Gasteiger partial charge in [-0.2, -0.15) is 4.98 Å². The Kier molecular flexibility index (Phi) is 4.16. The molecule has 3 aromatic rings. The van der Waals surface area contributed by atoms with E-state index >= 15 is 0 Å². The first kappa shape index (κ1) is 15.7. The Hall–Kier alpha value is -2.78. The number of anilines is 1. The molecule has 0 bridgehead atoms. The zero-order valence-corrected chi connectivity index (χ0v) is 14.1. The van der Waals surface area contributed by atoms with Crippen molar-refractivity contribution in [2.24, 2.45) is 0 Å². The summed E-state index contributed by atoms with van der Waals surface area (Å²) in [6.07, 6.45) is 0.892. The number of benzene rings is 1. The molecule has 1 aliphatic rings. The number of hydrogen-bond acceptors (Lipinski definition) is 8. The average Bonchev–Trinajstić information content (AvgIpc) is 3.35. The summed E-state index contributed by atoms with van der Waals surface area (Å²) in [6, 6.07) is 5.94. The maximum Gasteiger partial charge on any atom is 0.277 e. The molecule has 1 aliphatic heterocycles. The highest BCUT2D eigenvalue weighted by Gasteiger charge is 2.17. The van der Waals surface area contributed by atoms with Crippen LogP contribution in [0.3, 0.4) is 0 Å². The number of thiazole rings is 1. The number of rotatable bonds is 5. The summed E-state index contributed by atoms with van der Waals surface area (Å²) in [4.78, 5) is 20.7. The molecule has 25 heavy (non-hydrogen) atoms. The van der Waals surface area contributed by atoms with Crippen LogP contribution in [0.25, 0.3) is 10.6 Å². The molecule has 0 saturated carbocycles. The number of nitrogens with zero attached hydrogens (tertiary/aromatic N) is 3. The normalized spacial score (nSPS) is 12.7. The van der Waals surface area contributed by atoms with Gasteiger partial charge in [0.05, 0.1) is 6.61 Å². The summed E-state index contributed by atoms with van der Waals surface area (Å²) in [5.41, 5.74) is 2.43. The third-order valence-electron chi connectivity index (χ3n) is 3.63. The first-order valence-corrected chi connectivity index (χ1v) is 8.45. The Morgan fingerprint density at radius 2 is 2.32 bits per heavy atom. The number of hydrogen-bond donors (Lipinski definition) is 1. The van der Waals surface area contributed by atoms with Crippen LogP contribution in [0, 0.1) is 0 Å². The van der Waals surface area contributed by atoms with E-state index in [2.05, 4.69) is 26.5 Å². The van der Waals surface area contributed by atoms with Gasteiger partial charge in [0.15, 0.2) is 0 Å². The van der Waals surface area contributed by atoms with Gasteiger partial charge in [0, 0.05) is 24.5 Å². The largest absolute Gasteiger partial charge is 0.493 e. The topological polar surface area (TPSA) is 99.4 Å². The molecule has 1 N–H and O–H groups in total. The van der Waals surface area contributed by atoms with E-state index in [1.165, 1.54) is 18.4 Å². The molecule has 1 aromatic carbocycles. The van der Waals surface area contributed by atoms with Crippen LogP contribution in [0.15, 0.2) is 28.1 Å². The second-order valence-electron chi connectivity index (χ2n) is 5.36. The number of nitrogens with one attached hydrogen (secondary N) is 1. The molecular formula is C16H14N4O4S. The highest BCUT2D eigenvalue weighted by molar-refractivity contribution is 7.13. The fraction of sp³-hybridized carbons (Fsp3) is 0.250. The van der Waals surface area contributed by atoms with Gasteiger partial charge >= 0.3 is 0 Å². The van der Waals surface area contributed by atoms with Crippen LogP contribution in [0.4, 0.5) is 5.95 Å². The van der Waals surface area contributed by atoms with E-state index in [1.54, 1.807) is 5.38 Å². The fourth-order valence-corrected chi connectivity index (χ4v) is 3.28. The first-order chi connectivity index (χ1) is 12.2. The van der Waals surface area contributed by atoms with Gasteiger partial charge in [-0.3, -0.25) is 10.1 Å². The smallest absolute Gasteiger partial charge is 0.277 e. The Balaban J connectivity index is 1.49. The lowest BCUT2D eigenvalue weighted by Crippen LogP contribution is -2.13. The second kappa shape index (κ2) is 6.61. The monoisotopic (exact) mass is 358 g/mol. The number of ether oxygens (including phenoxy) is 2. The molecule has 128 valence electrons. The highest BCUT2D eigenvalue weighted by atomic mass is 32.1. The van der Waals surface area contributed by atoms with E-state index < -0.39 is 5.91 Å². The van der Waals surface area contributed by atoms with E-state index in [0.29, 0.717) is 12.3 Å². The van der Waals surface area contributed by atoms with Crippen molar-refractivity contribution in [3.8, 4) is 16.3 Å². The SMILES string of the molecule is COCc1nc(NC(=O)c2csc(-c3ccc4c(c3)CCO4)n2)no1. The Labute approximate surface area is 146 Å². The van der Waals surface area contributed by atoms with E-state index in [1.807, 2.05) is 12.1 Å². The van der Waals surface area contributed by atoms with E-state index in [-0.39, 0.29) is 18.4 Å². The number of fused-ring (bicyclic) bond motifs is 1. The van der Waals surface area contributed by atoms with Gasteiger partial charge in [-0.25, -0.2) is 4.98 Å². The average molecular weight is 358 g/mol. The molecule has 0 spiro atoms. The summed E-state index contributed by atoms with van der Waals surface area (Å²) in [7, 11) is 1.52. The van der Waals surface area contributed by atoms with Gasteiger partial charge in [0.25, 0.3) is 17.7 Å². The van der Waals surface area contributed by atoms with Crippen LogP contribution in [0.5, 0.6) is 5.75 Å². The molecule has 1 amide bonds. The molecule has 3 heterocycles. The van der Waals surface area contributed by atoms with Gasteiger partial charge in [0.1, 0.15) is 23.1 Å². The molecule has 0 aliphatic carbocycles. The van der Waals surface area contributed by atoms with E-state index in [9.17, 15) is 4.79 Å². The Bertz CT molecular complexity index is 921. The van der Waals surface area contributed by atoms with Crippen molar-refractivity contribution in [2.75, 3.05) is 19.0 Å². The molecule has 0 unspecified atom stereocenters. The summed E-state index contributed by atoms with van der Waals surface area (Å²) in [5, 5.41) is 8.70. The predicted octanol–water partition coefficient (Wildman–Crippen LogP) is 2.53. The Morgan fingerprint density at radius 3 is 3.20 bits per heavy atom. The summed E-state index contributed by atoms with van der Waals surface area (Å²) >= 11 is 1.40. The summed E-state index contributed by atoms with van der Waals surface area (Å²) in [5.74, 6) is 0.900. The van der Waals surface area contributed by atoms with E-state index in [4.69, 9.17) is 14.0 Å². The maximum absolute atomic E-state index is 12.3. The van der Waals surface area contributed by atoms with Crippen LogP contribution in [-0.2, 0) is 17.8 Å². The van der Waals surface area contributed by atoms with Crippen molar-refractivity contribution < 1.29 is 18.8 Å². The van der Waals surface area contributed by atoms with Gasteiger partial charge in [-0.1, -0.05) is 0 Å². The van der Waals surface area contributed by atoms with Crippen molar-refractivity contribution in [2.45, 2.75) is 13.0 Å². The van der Waals surface area contributed by atoms with Gasteiger partial charge in [-0.05, 0) is 28.9 Å². The standard InChI is InChI=1S/C16H14N4O4S/c1-22-7-13-18-16(20-24-13)19-14(21)11-8-25-15(17-11)10-2-3-12-9(6-10)4-5-23-12/h2-3,6,8H,4-5,7H2,1H3,(H,19,20,21). The summed E-state index contributed by atoms with van der Waals surface area (Å²) in [6.45, 7) is 0.895. The minimum atomic E-state index is -0.392. The first-order valence-electron chi connectivity index (χ1n) is 7.57. The lowest BCUT2D eigenvalue weighted by molar-refractivity contribution is 0.102. The van der Waals surface area contributed by atoms with Crippen molar-refractivity contribution in [3.05, 3.63) is 40.7 Å². The number of carbonyl (C=O) groups is 1. The lowest BCUT2D eigenvalue weighted by atomic mass is 10.1. The number of methoxy groups -OCH3 is 1. The van der Waals surface area contributed by atoms with Gasteiger partial charge in [0.2, 0.25) is 0 Å². The van der Waals surface area contributed by atoms with Crippen LogP contribution in [0.2, 0.25) is 0 Å². The van der Waals surface area contributed by atoms with Crippen LogP contribution >= 0.6 is 11.3 Å². The predicted molar refractivity (Wildman–Crippen MR) is 89.7 cm³/mol. The highest BCUT2D eigenvalue weighted by Crippen LogP contribution is 2.31.